The van der Waals surface area contributed by atoms with Crippen molar-refractivity contribution < 1.29 is 9.90 Å². The van der Waals surface area contributed by atoms with Gasteiger partial charge in [-0.25, -0.2) is 0 Å². The van der Waals surface area contributed by atoms with Gasteiger partial charge in [0.05, 0.1) is 0 Å². The molecule has 1 aliphatic heterocycles. The van der Waals surface area contributed by atoms with Crippen LogP contribution in [0, 0.1) is 23.2 Å². The second-order valence-corrected chi connectivity index (χ2v) is 7.35. The van der Waals surface area contributed by atoms with Crippen LogP contribution in [0.2, 0.25) is 0 Å². The highest BCUT2D eigenvalue weighted by molar-refractivity contribution is 6.57. The summed E-state index contributed by atoms with van der Waals surface area (Å²) in [6.45, 7) is 8.63. The van der Waals surface area contributed by atoms with Gasteiger partial charge in [0.25, 0.3) is 0 Å². The Morgan fingerprint density at radius 3 is 2.53 bits per heavy atom. The van der Waals surface area contributed by atoms with Crippen molar-refractivity contribution in [1.82, 2.24) is 10.2 Å². The first-order valence-electron chi connectivity index (χ1n) is 6.50. The Labute approximate surface area is 111 Å². The number of likely N-dealkylation sites (tertiary alicyclic amines) is 1. The van der Waals surface area contributed by atoms with Crippen molar-refractivity contribution in [3.05, 3.63) is 0 Å². The molecule has 0 bridgehead atoms. The molecule has 2 fully saturated rings. The number of hydrogen-bond acceptors (Lipinski definition) is 3. The highest BCUT2D eigenvalue weighted by atomic mass is 27.0. The summed E-state index contributed by atoms with van der Waals surface area (Å²) >= 11 is 0.610. The number of piperidine rings is 1. The molecular weight excluding hydrogens is 231 g/mol. The molecule has 0 radical (unpaired) electrons. The van der Waals surface area contributed by atoms with Crippen LogP contribution in [0.15, 0.2) is 0 Å². The summed E-state index contributed by atoms with van der Waals surface area (Å²) in [5.41, 5.74) is 0.00944. The summed E-state index contributed by atoms with van der Waals surface area (Å²) in [7, 11) is 0. The summed E-state index contributed by atoms with van der Waals surface area (Å²) < 4.78 is 0.216. The fourth-order valence-electron chi connectivity index (χ4n) is 3.09. The summed E-state index contributed by atoms with van der Waals surface area (Å²) in [6.07, 6.45) is 0. The molecule has 1 amide bonds. The van der Waals surface area contributed by atoms with Crippen LogP contribution < -0.4 is 5.32 Å². The van der Waals surface area contributed by atoms with Crippen molar-refractivity contribution in [2.75, 3.05) is 32.8 Å². The van der Waals surface area contributed by atoms with E-state index in [0.29, 0.717) is 16.3 Å². The molecule has 17 heavy (non-hydrogen) atoms. The lowest BCUT2D eigenvalue weighted by Crippen LogP contribution is -2.37. The average Bonchev–Trinajstić information content (AvgIpc) is 2.69. The maximum absolute atomic E-state index is 10.9. The molecule has 0 spiro atoms. The van der Waals surface area contributed by atoms with Crippen molar-refractivity contribution >= 4 is 21.1 Å². The first-order valence-corrected chi connectivity index (χ1v) is 7.50. The lowest BCUT2D eigenvalue weighted by Gasteiger charge is -2.29. The molecule has 2 unspecified atom stereocenters. The van der Waals surface area contributed by atoms with Gasteiger partial charge < -0.3 is 15.3 Å². The predicted octanol–water partition coefficient (Wildman–Crippen LogP) is -0.475. The van der Waals surface area contributed by atoms with Crippen LogP contribution in [0.25, 0.3) is 0 Å². The minimum atomic E-state index is 0.00944. The lowest BCUT2D eigenvalue weighted by molar-refractivity contribution is 0.106. The second-order valence-electron chi connectivity index (χ2n) is 6.45. The molecule has 5 heteroatoms. The molecule has 96 valence electrons. The molecule has 0 aromatic rings. The Bertz CT molecular complexity index is 297. The molecule has 1 saturated carbocycles. The molecule has 2 rings (SSSR count). The monoisotopic (exact) mass is 254 g/mol. The van der Waals surface area contributed by atoms with Gasteiger partial charge in [-0.2, -0.15) is 0 Å². The number of rotatable bonds is 5. The van der Waals surface area contributed by atoms with Crippen molar-refractivity contribution in [2.45, 2.75) is 13.8 Å². The minimum absolute atomic E-state index is 0.00944. The van der Waals surface area contributed by atoms with Crippen molar-refractivity contribution in [2.24, 2.45) is 23.2 Å². The number of nitrogens with zero attached hydrogens (tertiary/aromatic N) is 1. The van der Waals surface area contributed by atoms with Gasteiger partial charge in [-0.05, 0) is 17.8 Å². The summed E-state index contributed by atoms with van der Waals surface area (Å²) in [4.78, 5) is 13.4. The molecule has 1 heterocycles. The highest BCUT2D eigenvalue weighted by Gasteiger charge is 2.55. The molecule has 1 saturated heterocycles. The molecule has 4 nitrogen and oxygen atoms in total. The quantitative estimate of drug-likeness (QED) is 0.652. The van der Waals surface area contributed by atoms with Crippen LogP contribution in [-0.4, -0.2) is 63.9 Å². The summed E-state index contributed by atoms with van der Waals surface area (Å²) in [5.74, 6) is 2.30. The number of fused-ring (bicyclic) bond motifs is 1. The van der Waals surface area contributed by atoms with Crippen molar-refractivity contribution in [3.63, 3.8) is 0 Å². The van der Waals surface area contributed by atoms with Crippen LogP contribution in [0.1, 0.15) is 13.8 Å². The molecule has 2 aliphatic rings. The zero-order chi connectivity index (χ0) is 12.6. The number of amides is 1. The third-order valence-corrected chi connectivity index (χ3v) is 4.47. The normalized spacial score (nSPS) is 32.3. The Kier molecular flexibility index (Phi) is 3.84. The molecule has 1 aliphatic carbocycles. The van der Waals surface area contributed by atoms with E-state index >= 15 is 0 Å². The maximum atomic E-state index is 10.9. The Morgan fingerprint density at radius 2 is 2.06 bits per heavy atom. The smallest absolute Gasteiger partial charge is 0.354 e. The first-order chi connectivity index (χ1) is 7.93. The van der Waals surface area contributed by atoms with Crippen LogP contribution in [0.4, 0.5) is 4.79 Å². The Morgan fingerprint density at radius 1 is 1.47 bits per heavy atom. The fraction of sp³-hybridized carbons (Fsp3) is 0.917. The Balaban J connectivity index is 1.70. The van der Waals surface area contributed by atoms with Gasteiger partial charge in [-0.3, -0.25) is 4.79 Å². The van der Waals surface area contributed by atoms with Crippen LogP contribution in [0.5, 0.6) is 0 Å². The van der Waals surface area contributed by atoms with E-state index in [2.05, 4.69) is 24.1 Å². The van der Waals surface area contributed by atoms with Gasteiger partial charge in [-0.15, -0.1) is 0 Å². The molecule has 0 aromatic carbocycles. The van der Waals surface area contributed by atoms with E-state index in [0.717, 1.165) is 43.9 Å². The minimum Gasteiger partial charge on any atom is -0.396 e. The molecule has 0 aromatic heterocycles. The predicted molar refractivity (Wildman–Crippen MR) is 69.7 cm³/mol. The van der Waals surface area contributed by atoms with Crippen LogP contribution >= 0.6 is 0 Å². The fourth-order valence-corrected chi connectivity index (χ4v) is 3.29. The van der Waals surface area contributed by atoms with Gasteiger partial charge in [0, 0.05) is 38.2 Å². The van der Waals surface area contributed by atoms with E-state index in [4.69, 9.17) is 0 Å². The number of carbonyl (C=O) groups excluding carboxylic acids is 1. The standard InChI is InChI=1S/C12H21N2O2.Al.2H/c1-12(2,7-15)6-14-4-10-9(3-13-8-16)11(10)5-14;;;/h9-11,15H,3-7H2,1-2H3,(H,13,16);;;/t9?,10-,11?;;;/m0.../s1. The maximum Gasteiger partial charge on any atom is 0.354 e. The lowest BCUT2D eigenvalue weighted by atomic mass is 9.94. The number of aliphatic hydroxyl groups excluding tert-OH is 1. The average molecular weight is 254 g/mol. The zero-order valence-corrected chi connectivity index (χ0v) is 13.1. The van der Waals surface area contributed by atoms with Gasteiger partial charge in [0.2, 0.25) is 0 Å². The van der Waals surface area contributed by atoms with Gasteiger partial charge in [0.15, 0.2) is 0 Å². The SMILES string of the molecule is CC(C)(CO)CN1CC2C(CN[C](=O)[AlH2])[C@@H]2C1. The van der Waals surface area contributed by atoms with Crippen LogP contribution in [-0.2, 0) is 0 Å². The van der Waals surface area contributed by atoms with E-state index in [-0.39, 0.29) is 16.8 Å². The van der Waals surface area contributed by atoms with E-state index < -0.39 is 0 Å². The molecular formula is C12H23AlN2O2. The third-order valence-electron chi connectivity index (χ3n) is 4.11. The van der Waals surface area contributed by atoms with Crippen LogP contribution in [0.3, 0.4) is 0 Å². The number of hydrogen-bond donors (Lipinski definition) is 2. The third kappa shape index (κ3) is 3.23. The van der Waals surface area contributed by atoms with Crippen molar-refractivity contribution in [3.8, 4) is 0 Å². The number of nitrogens with one attached hydrogen (secondary N) is 1. The van der Waals surface area contributed by atoms with E-state index in [9.17, 15) is 9.90 Å². The van der Waals surface area contributed by atoms with Crippen molar-refractivity contribution in [1.29, 1.82) is 0 Å². The van der Waals surface area contributed by atoms with E-state index in [1.807, 2.05) is 0 Å². The summed E-state index contributed by atoms with van der Waals surface area (Å²) in [5, 5.41) is 12.2. The highest BCUT2D eigenvalue weighted by Crippen LogP contribution is 2.51. The topological polar surface area (TPSA) is 52.6 Å². The first kappa shape index (κ1) is 13.4. The van der Waals surface area contributed by atoms with E-state index in [1.54, 1.807) is 0 Å². The van der Waals surface area contributed by atoms with E-state index in [1.165, 1.54) is 0 Å². The second kappa shape index (κ2) is 4.89. The Hall–Kier alpha value is -0.0775. The molecule has 2 N–H and O–H groups in total. The number of aliphatic hydroxyl groups is 1. The summed E-state index contributed by atoms with van der Waals surface area (Å²) in [6, 6.07) is 0. The van der Waals surface area contributed by atoms with Gasteiger partial charge >= 0.3 is 16.3 Å². The van der Waals surface area contributed by atoms with Gasteiger partial charge in [0.1, 0.15) is 4.77 Å². The number of carbonyl (C=O) groups is 1. The van der Waals surface area contributed by atoms with Gasteiger partial charge in [-0.1, -0.05) is 13.8 Å². The zero-order valence-electron chi connectivity index (χ0n) is 11.1. The largest absolute Gasteiger partial charge is 0.396 e. The molecule has 3 atom stereocenters.